The maximum absolute atomic E-state index is 12.3. The van der Waals surface area contributed by atoms with Crippen LogP contribution in [-0.2, 0) is 9.53 Å². The fraction of sp³-hybridized carbons (Fsp3) is 0.333. The van der Waals surface area contributed by atoms with Gasteiger partial charge in [0.25, 0.3) is 0 Å². The lowest BCUT2D eigenvalue weighted by Crippen LogP contribution is -2.45. The lowest BCUT2D eigenvalue weighted by molar-refractivity contribution is -0.139. The lowest BCUT2D eigenvalue weighted by atomic mass is 9.95. The minimum absolute atomic E-state index is 0.319. The fourth-order valence-corrected chi connectivity index (χ4v) is 3.11. The Hall–Kier alpha value is -1.60. The van der Waals surface area contributed by atoms with Gasteiger partial charge in [-0.15, -0.1) is 0 Å². The van der Waals surface area contributed by atoms with Gasteiger partial charge in [-0.1, -0.05) is 6.07 Å². The van der Waals surface area contributed by atoms with Crippen molar-refractivity contribution in [1.29, 1.82) is 0 Å². The van der Waals surface area contributed by atoms with E-state index in [4.69, 9.17) is 21.7 Å². The number of ether oxygens (including phenoxy) is 2. The number of carbonyl (C=O) groups excluding carboxylic acids is 1. The molecule has 0 bridgehead atoms. The number of hydrogen-bond donors (Lipinski definition) is 2. The van der Waals surface area contributed by atoms with Gasteiger partial charge in [0.15, 0.2) is 5.11 Å². The minimum atomic E-state index is -0.366. The second kappa shape index (κ2) is 7.11. The molecule has 1 aromatic carbocycles. The molecule has 0 saturated carbocycles. The number of carbonyl (C=O) groups is 1. The van der Waals surface area contributed by atoms with E-state index in [1.54, 1.807) is 14.0 Å². The number of methoxy groups -OCH3 is 1. The number of hydrogen-bond acceptors (Lipinski definition) is 4. The second-order valence-corrected chi connectivity index (χ2v) is 5.95. The number of benzene rings is 1. The average Bonchev–Trinajstić information content (AvgIpc) is 2.46. The van der Waals surface area contributed by atoms with Crippen molar-refractivity contribution in [3.8, 4) is 5.75 Å². The van der Waals surface area contributed by atoms with E-state index in [1.165, 1.54) is 0 Å². The zero-order valence-electron chi connectivity index (χ0n) is 12.5. The van der Waals surface area contributed by atoms with Gasteiger partial charge in [-0.25, -0.2) is 4.79 Å². The summed E-state index contributed by atoms with van der Waals surface area (Å²) in [7, 11) is 1.60. The van der Waals surface area contributed by atoms with Crippen LogP contribution < -0.4 is 15.4 Å². The zero-order valence-corrected chi connectivity index (χ0v) is 14.9. The third kappa shape index (κ3) is 3.41. The number of halogens is 1. The smallest absolute Gasteiger partial charge is 0.338 e. The molecule has 1 aliphatic rings. The quantitative estimate of drug-likeness (QED) is 0.614. The van der Waals surface area contributed by atoms with E-state index in [9.17, 15) is 4.79 Å². The first-order chi connectivity index (χ1) is 10.5. The van der Waals surface area contributed by atoms with Gasteiger partial charge >= 0.3 is 5.97 Å². The first kappa shape index (κ1) is 16.8. The van der Waals surface area contributed by atoms with Crippen LogP contribution >= 0.6 is 28.1 Å². The zero-order chi connectivity index (χ0) is 16.3. The summed E-state index contributed by atoms with van der Waals surface area (Å²) in [6, 6.07) is 5.26. The predicted octanol–water partition coefficient (Wildman–Crippen LogP) is 2.81. The third-order valence-electron chi connectivity index (χ3n) is 3.27. The standard InChI is InChI=1S/C15H17BrN2O3S/c1-4-21-14(19)12-8(2)17-15(22)18-13(12)9-5-6-11(20-3)10(16)7-9/h5-7,13H,4H2,1-3H3,(H2,17,18,22). The first-order valence-electron chi connectivity index (χ1n) is 6.76. The predicted molar refractivity (Wildman–Crippen MR) is 91.6 cm³/mol. The molecule has 2 N–H and O–H groups in total. The van der Waals surface area contributed by atoms with Crippen molar-refractivity contribution >= 4 is 39.2 Å². The van der Waals surface area contributed by atoms with Crippen LogP contribution in [0.5, 0.6) is 5.75 Å². The van der Waals surface area contributed by atoms with Crippen molar-refractivity contribution in [2.24, 2.45) is 0 Å². The van der Waals surface area contributed by atoms with Gasteiger partial charge in [0.05, 0.1) is 29.8 Å². The Labute approximate surface area is 143 Å². The Morgan fingerprint density at radius 1 is 1.45 bits per heavy atom. The van der Waals surface area contributed by atoms with E-state index in [-0.39, 0.29) is 12.0 Å². The molecule has 1 heterocycles. The highest BCUT2D eigenvalue weighted by molar-refractivity contribution is 9.10. The number of thiocarbonyl (C=S) groups is 1. The third-order valence-corrected chi connectivity index (χ3v) is 4.11. The Morgan fingerprint density at radius 3 is 2.77 bits per heavy atom. The maximum atomic E-state index is 12.3. The van der Waals surface area contributed by atoms with Crippen molar-refractivity contribution in [3.05, 3.63) is 39.5 Å². The minimum Gasteiger partial charge on any atom is -0.496 e. The van der Waals surface area contributed by atoms with Crippen molar-refractivity contribution < 1.29 is 14.3 Å². The summed E-state index contributed by atoms with van der Waals surface area (Å²) >= 11 is 8.66. The molecule has 1 aromatic rings. The normalized spacial score (nSPS) is 17.6. The van der Waals surface area contributed by atoms with Crippen LogP contribution in [-0.4, -0.2) is 24.8 Å². The molecule has 0 amide bonds. The first-order valence-corrected chi connectivity index (χ1v) is 7.96. The molecule has 5 nitrogen and oxygen atoms in total. The van der Waals surface area contributed by atoms with E-state index in [0.29, 0.717) is 23.0 Å². The SMILES string of the molecule is CCOC(=O)C1=C(C)NC(=S)NC1c1ccc(OC)c(Br)c1. The molecule has 0 fully saturated rings. The summed E-state index contributed by atoms with van der Waals surface area (Å²) in [6.07, 6.45) is 0. The van der Waals surface area contributed by atoms with Gasteiger partial charge in [0.1, 0.15) is 5.75 Å². The molecule has 1 atom stereocenters. The summed E-state index contributed by atoms with van der Waals surface area (Å²) in [6.45, 7) is 3.91. The van der Waals surface area contributed by atoms with Gasteiger partial charge in [-0.05, 0) is 59.7 Å². The molecule has 1 unspecified atom stereocenters. The molecule has 22 heavy (non-hydrogen) atoms. The van der Waals surface area contributed by atoms with Gasteiger partial charge in [0, 0.05) is 5.70 Å². The molecular formula is C15H17BrN2O3S. The van der Waals surface area contributed by atoms with Gasteiger partial charge in [-0.2, -0.15) is 0 Å². The number of esters is 1. The highest BCUT2D eigenvalue weighted by atomic mass is 79.9. The fourth-order valence-electron chi connectivity index (χ4n) is 2.29. The number of rotatable bonds is 4. The van der Waals surface area contributed by atoms with E-state index in [1.807, 2.05) is 25.1 Å². The van der Waals surface area contributed by atoms with Crippen LogP contribution in [0.1, 0.15) is 25.5 Å². The van der Waals surface area contributed by atoms with Crippen LogP contribution in [0.4, 0.5) is 0 Å². The van der Waals surface area contributed by atoms with E-state index < -0.39 is 0 Å². The molecule has 0 aliphatic carbocycles. The molecule has 118 valence electrons. The van der Waals surface area contributed by atoms with Crippen LogP contribution in [0, 0.1) is 0 Å². The van der Waals surface area contributed by atoms with E-state index in [0.717, 1.165) is 15.8 Å². The molecular weight excluding hydrogens is 368 g/mol. The van der Waals surface area contributed by atoms with Crippen molar-refractivity contribution in [3.63, 3.8) is 0 Å². The Kier molecular flexibility index (Phi) is 5.42. The van der Waals surface area contributed by atoms with Gasteiger partial charge in [-0.3, -0.25) is 0 Å². The van der Waals surface area contributed by atoms with E-state index in [2.05, 4.69) is 26.6 Å². The second-order valence-electron chi connectivity index (χ2n) is 4.68. The van der Waals surface area contributed by atoms with Crippen LogP contribution in [0.2, 0.25) is 0 Å². The van der Waals surface area contributed by atoms with Gasteiger partial charge < -0.3 is 20.1 Å². The highest BCUT2D eigenvalue weighted by Gasteiger charge is 2.31. The summed E-state index contributed by atoms with van der Waals surface area (Å²) in [4.78, 5) is 12.3. The van der Waals surface area contributed by atoms with E-state index >= 15 is 0 Å². The molecule has 1 aliphatic heterocycles. The van der Waals surface area contributed by atoms with Crippen LogP contribution in [0.25, 0.3) is 0 Å². The topological polar surface area (TPSA) is 59.6 Å². The Bertz CT molecular complexity index is 646. The summed E-state index contributed by atoms with van der Waals surface area (Å²) < 4.78 is 11.2. The van der Waals surface area contributed by atoms with Gasteiger partial charge in [0.2, 0.25) is 0 Å². The summed E-state index contributed by atoms with van der Waals surface area (Å²) in [5.41, 5.74) is 2.10. The molecule has 0 spiro atoms. The Balaban J connectivity index is 2.45. The Morgan fingerprint density at radius 2 is 2.18 bits per heavy atom. The molecule has 2 rings (SSSR count). The van der Waals surface area contributed by atoms with Crippen molar-refractivity contribution in [1.82, 2.24) is 10.6 Å². The number of allylic oxidation sites excluding steroid dienone is 1. The molecule has 0 saturated heterocycles. The largest absolute Gasteiger partial charge is 0.496 e. The maximum Gasteiger partial charge on any atom is 0.338 e. The monoisotopic (exact) mass is 384 g/mol. The number of nitrogens with one attached hydrogen (secondary N) is 2. The van der Waals surface area contributed by atoms with Crippen LogP contribution in [0.15, 0.2) is 33.9 Å². The lowest BCUT2D eigenvalue weighted by Gasteiger charge is -2.30. The van der Waals surface area contributed by atoms with Crippen molar-refractivity contribution in [2.45, 2.75) is 19.9 Å². The summed E-state index contributed by atoms with van der Waals surface area (Å²) in [5, 5.41) is 6.56. The summed E-state index contributed by atoms with van der Waals surface area (Å²) in [5.74, 6) is 0.359. The average molecular weight is 385 g/mol. The van der Waals surface area contributed by atoms with Crippen LogP contribution in [0.3, 0.4) is 0 Å². The highest BCUT2D eigenvalue weighted by Crippen LogP contribution is 2.33. The van der Waals surface area contributed by atoms with Crippen molar-refractivity contribution in [2.75, 3.05) is 13.7 Å². The molecule has 7 heteroatoms. The molecule has 0 aromatic heterocycles. The molecule has 0 radical (unpaired) electrons.